The van der Waals surface area contributed by atoms with Crippen LogP contribution in [0.1, 0.15) is 12.5 Å². The van der Waals surface area contributed by atoms with Crippen molar-refractivity contribution in [3.05, 3.63) is 72.3 Å². The van der Waals surface area contributed by atoms with Gasteiger partial charge in [-0.2, -0.15) is 0 Å². The van der Waals surface area contributed by atoms with Crippen molar-refractivity contribution >= 4 is 19.2 Å². The maximum Gasteiger partial charge on any atom is 0.107 e. The number of hydrogen-bond acceptors (Lipinski definition) is 0. The Balaban J connectivity index is 2.40. The fourth-order valence-electron chi connectivity index (χ4n) is 2.38. The van der Waals surface area contributed by atoms with Crippen LogP contribution in [0.5, 0.6) is 0 Å². The molecule has 0 bridgehead atoms. The van der Waals surface area contributed by atoms with Gasteiger partial charge in [0.1, 0.15) is 8.80 Å². The lowest BCUT2D eigenvalue weighted by molar-refractivity contribution is 1.49. The third kappa shape index (κ3) is 2.99. The normalized spacial score (nSPS) is 12.8. The highest BCUT2D eigenvalue weighted by atomic mass is 28.3. The van der Waals surface area contributed by atoms with Crippen LogP contribution in [0, 0.1) is 6.92 Å². The highest BCUT2D eigenvalue weighted by Crippen LogP contribution is 2.03. The molecule has 18 heavy (non-hydrogen) atoms. The predicted octanol–water partition coefficient (Wildman–Crippen LogP) is 2.91. The molecule has 0 aromatic heterocycles. The summed E-state index contributed by atoms with van der Waals surface area (Å²) in [6.07, 6.45) is 4.48. The zero-order chi connectivity index (χ0) is 12.8. The van der Waals surface area contributed by atoms with Crippen LogP contribution in [0.3, 0.4) is 0 Å². The second kappa shape index (κ2) is 6.36. The molecule has 2 aromatic rings. The van der Waals surface area contributed by atoms with Crippen molar-refractivity contribution in [1.29, 1.82) is 0 Å². The Labute approximate surface area is 112 Å². The molecular formula is C17H20Si. The first-order chi connectivity index (χ1) is 8.83. The Morgan fingerprint density at radius 3 is 2.28 bits per heavy atom. The molecule has 0 N–H and O–H groups in total. The molecule has 0 amide bonds. The second-order valence-electron chi connectivity index (χ2n) is 4.62. The van der Waals surface area contributed by atoms with Gasteiger partial charge >= 0.3 is 0 Å². The summed E-state index contributed by atoms with van der Waals surface area (Å²) in [7, 11) is -1.09. The average molecular weight is 252 g/mol. The molecular weight excluding hydrogens is 232 g/mol. The van der Waals surface area contributed by atoms with E-state index in [-0.39, 0.29) is 0 Å². The third-order valence-corrected chi connectivity index (χ3v) is 6.71. The minimum Gasteiger partial charge on any atom is -0.0919 e. The van der Waals surface area contributed by atoms with E-state index in [4.69, 9.17) is 0 Å². The molecule has 0 spiro atoms. The number of aryl methyl sites for hydroxylation is 1. The van der Waals surface area contributed by atoms with Gasteiger partial charge in [-0.1, -0.05) is 82.7 Å². The molecule has 0 radical (unpaired) electrons. The Morgan fingerprint density at radius 1 is 0.944 bits per heavy atom. The first-order valence-corrected chi connectivity index (χ1v) is 8.51. The van der Waals surface area contributed by atoms with Crippen LogP contribution in [0.2, 0.25) is 6.04 Å². The summed E-state index contributed by atoms with van der Waals surface area (Å²) in [5, 5.41) is 3.10. The van der Waals surface area contributed by atoms with Gasteiger partial charge in [0, 0.05) is 0 Å². The smallest absolute Gasteiger partial charge is 0.0919 e. The summed E-state index contributed by atoms with van der Waals surface area (Å²) >= 11 is 0. The largest absolute Gasteiger partial charge is 0.107 e. The van der Waals surface area contributed by atoms with E-state index in [1.54, 1.807) is 5.19 Å². The van der Waals surface area contributed by atoms with Crippen LogP contribution in [-0.2, 0) is 0 Å². The first kappa shape index (κ1) is 12.8. The van der Waals surface area contributed by atoms with E-state index in [0.29, 0.717) is 0 Å². The summed E-state index contributed by atoms with van der Waals surface area (Å²) in [4.78, 5) is 0. The molecule has 0 saturated heterocycles. The minimum absolute atomic E-state index is 1.09. The van der Waals surface area contributed by atoms with E-state index in [1.807, 2.05) is 0 Å². The van der Waals surface area contributed by atoms with Crippen LogP contribution in [-0.4, -0.2) is 8.80 Å². The van der Waals surface area contributed by atoms with Gasteiger partial charge in [0.2, 0.25) is 0 Å². The third-order valence-electron chi connectivity index (χ3n) is 3.37. The Bertz CT molecular complexity index is 514. The van der Waals surface area contributed by atoms with Gasteiger partial charge in [-0.05, 0) is 19.9 Å². The highest BCUT2D eigenvalue weighted by Gasteiger charge is 2.15. The minimum atomic E-state index is -1.09. The van der Waals surface area contributed by atoms with Gasteiger partial charge in [0.05, 0.1) is 0 Å². The van der Waals surface area contributed by atoms with Crippen molar-refractivity contribution in [3.8, 4) is 0 Å². The van der Waals surface area contributed by atoms with Crippen LogP contribution in [0.25, 0.3) is 0 Å². The molecule has 0 heterocycles. The number of allylic oxidation sites excluding steroid dienone is 2. The number of rotatable bonds is 4. The summed E-state index contributed by atoms with van der Waals surface area (Å²) in [6, 6.07) is 21.0. The van der Waals surface area contributed by atoms with Crippen molar-refractivity contribution in [2.45, 2.75) is 19.9 Å². The maximum atomic E-state index is 2.32. The average Bonchev–Trinajstić information content (AvgIpc) is 2.42. The molecule has 0 nitrogen and oxygen atoms in total. The van der Waals surface area contributed by atoms with Gasteiger partial charge in [0.15, 0.2) is 0 Å². The van der Waals surface area contributed by atoms with E-state index >= 15 is 0 Å². The van der Waals surface area contributed by atoms with E-state index in [9.17, 15) is 0 Å². The van der Waals surface area contributed by atoms with Gasteiger partial charge in [-0.25, -0.2) is 0 Å². The predicted molar refractivity (Wildman–Crippen MR) is 83.7 cm³/mol. The zero-order valence-corrected chi connectivity index (χ0v) is 12.3. The lowest BCUT2D eigenvalue weighted by Crippen LogP contribution is -2.42. The van der Waals surface area contributed by atoms with Gasteiger partial charge in [0.25, 0.3) is 0 Å². The first-order valence-electron chi connectivity index (χ1n) is 6.54. The standard InChI is InChI=1S/C17H20Si/c1-3-4-14-18(16-11-6-5-7-12-16)17-13-9-8-10-15(17)2/h3-13,18H,14H2,1-2H3. The summed E-state index contributed by atoms with van der Waals surface area (Å²) in [5.41, 5.74) is 1.43. The quantitative estimate of drug-likeness (QED) is 0.580. The number of hydrogen-bond donors (Lipinski definition) is 0. The molecule has 0 fully saturated rings. The van der Waals surface area contributed by atoms with E-state index in [2.05, 4.69) is 80.6 Å². The van der Waals surface area contributed by atoms with Crippen LogP contribution in [0.15, 0.2) is 66.7 Å². The molecule has 1 atom stereocenters. The summed E-state index contributed by atoms with van der Waals surface area (Å²) in [5.74, 6) is 0. The fourth-order valence-corrected chi connectivity index (χ4v) is 5.48. The van der Waals surface area contributed by atoms with Crippen LogP contribution < -0.4 is 10.4 Å². The Kier molecular flexibility index (Phi) is 4.54. The van der Waals surface area contributed by atoms with Crippen LogP contribution >= 0.6 is 0 Å². The van der Waals surface area contributed by atoms with E-state index < -0.39 is 8.80 Å². The van der Waals surface area contributed by atoms with Gasteiger partial charge in [-0.15, -0.1) is 0 Å². The molecule has 0 aliphatic heterocycles. The van der Waals surface area contributed by atoms with Gasteiger partial charge in [-0.3, -0.25) is 0 Å². The maximum absolute atomic E-state index is 2.32. The molecule has 0 saturated carbocycles. The van der Waals surface area contributed by atoms with Gasteiger partial charge < -0.3 is 0 Å². The van der Waals surface area contributed by atoms with Crippen molar-refractivity contribution in [2.24, 2.45) is 0 Å². The topological polar surface area (TPSA) is 0 Å². The molecule has 92 valence electrons. The SMILES string of the molecule is CC=CC[SiH](c1ccccc1)c1ccccc1C. The number of benzene rings is 2. The molecule has 2 aromatic carbocycles. The Hall–Kier alpha value is -1.60. The van der Waals surface area contributed by atoms with E-state index in [0.717, 1.165) is 0 Å². The highest BCUT2D eigenvalue weighted by molar-refractivity contribution is 6.85. The molecule has 1 unspecified atom stereocenters. The molecule has 1 heteroatoms. The lowest BCUT2D eigenvalue weighted by atomic mass is 10.2. The Morgan fingerprint density at radius 2 is 1.61 bits per heavy atom. The van der Waals surface area contributed by atoms with Crippen molar-refractivity contribution in [2.75, 3.05) is 0 Å². The lowest BCUT2D eigenvalue weighted by Gasteiger charge is -2.17. The van der Waals surface area contributed by atoms with Crippen molar-refractivity contribution in [1.82, 2.24) is 0 Å². The van der Waals surface area contributed by atoms with E-state index in [1.165, 1.54) is 16.8 Å². The zero-order valence-electron chi connectivity index (χ0n) is 11.1. The second-order valence-corrected chi connectivity index (χ2v) is 7.49. The van der Waals surface area contributed by atoms with Crippen molar-refractivity contribution in [3.63, 3.8) is 0 Å². The summed E-state index contributed by atoms with van der Waals surface area (Å²) in [6.45, 7) is 4.34. The molecule has 0 aliphatic carbocycles. The fraction of sp³-hybridized carbons (Fsp3) is 0.176. The summed E-state index contributed by atoms with van der Waals surface area (Å²) < 4.78 is 0. The van der Waals surface area contributed by atoms with Crippen molar-refractivity contribution < 1.29 is 0 Å². The van der Waals surface area contributed by atoms with Crippen LogP contribution in [0.4, 0.5) is 0 Å². The monoisotopic (exact) mass is 252 g/mol. The molecule has 2 rings (SSSR count). The molecule has 0 aliphatic rings.